The Morgan fingerprint density at radius 3 is 2.60 bits per heavy atom. The van der Waals surface area contributed by atoms with E-state index < -0.39 is 0 Å². The van der Waals surface area contributed by atoms with Crippen LogP contribution in [0.2, 0.25) is 0 Å². The summed E-state index contributed by atoms with van der Waals surface area (Å²) in [6, 6.07) is 12.5. The summed E-state index contributed by atoms with van der Waals surface area (Å²) in [6.45, 7) is 6.73. The van der Waals surface area contributed by atoms with E-state index >= 15 is 0 Å². The molecule has 1 amide bonds. The van der Waals surface area contributed by atoms with Crippen LogP contribution in [0.4, 0.5) is 5.82 Å². The molecule has 2 aliphatic rings. The maximum absolute atomic E-state index is 12.8. The van der Waals surface area contributed by atoms with Gasteiger partial charge in [0.2, 0.25) is 0 Å². The Morgan fingerprint density at radius 1 is 1.11 bits per heavy atom. The monoisotopic (exact) mass is 518 g/mol. The van der Waals surface area contributed by atoms with E-state index in [2.05, 4.69) is 55.6 Å². The summed E-state index contributed by atoms with van der Waals surface area (Å²) < 4.78 is 0. The van der Waals surface area contributed by atoms with Crippen molar-refractivity contribution in [1.82, 2.24) is 25.1 Å². The largest absolute Gasteiger partial charge is 0.357 e. The lowest BCUT2D eigenvalue weighted by Crippen LogP contribution is -2.43. The van der Waals surface area contributed by atoms with Gasteiger partial charge in [0.1, 0.15) is 5.82 Å². The van der Waals surface area contributed by atoms with Gasteiger partial charge in [0.15, 0.2) is 0 Å². The Labute approximate surface area is 219 Å². The zero-order valence-corrected chi connectivity index (χ0v) is 21.9. The van der Waals surface area contributed by atoms with Crippen LogP contribution in [0.25, 0.3) is 10.9 Å². The standard InChI is InChI=1S/C26H34N6O.2ClH/c1-31-12-3-5-24(31)23-16-21-18-28-25(17-22(21)29-23)30-26(33)20-8-6-19(7-9-20)4-2-13-32-14-10-27-11-15-32;;/h6-9,16-18,24,27,29H,2-5,10-15H2,1H3,(H,28,30,33);2*1H/t24-;;/m1../s1. The summed E-state index contributed by atoms with van der Waals surface area (Å²) in [5.74, 6) is 0.442. The summed E-state index contributed by atoms with van der Waals surface area (Å²) in [7, 11) is 2.17. The maximum Gasteiger partial charge on any atom is 0.256 e. The number of halogens is 2. The number of benzene rings is 1. The van der Waals surface area contributed by atoms with Gasteiger partial charge in [-0.25, -0.2) is 4.98 Å². The Hall–Kier alpha value is -2.16. The van der Waals surface area contributed by atoms with Gasteiger partial charge in [-0.3, -0.25) is 9.69 Å². The maximum atomic E-state index is 12.8. The third kappa shape index (κ3) is 6.74. The number of carbonyl (C=O) groups is 1. The van der Waals surface area contributed by atoms with E-state index in [0.717, 1.165) is 63.0 Å². The second kappa shape index (κ2) is 12.7. The number of nitrogens with one attached hydrogen (secondary N) is 3. The van der Waals surface area contributed by atoms with Crippen LogP contribution in [-0.4, -0.2) is 72.0 Å². The Balaban J connectivity index is 0.00000171. The highest BCUT2D eigenvalue weighted by atomic mass is 35.5. The summed E-state index contributed by atoms with van der Waals surface area (Å²) >= 11 is 0. The lowest BCUT2D eigenvalue weighted by Gasteiger charge is -2.27. The minimum atomic E-state index is -0.128. The second-order valence-electron chi connectivity index (χ2n) is 9.37. The first kappa shape index (κ1) is 27.4. The molecular formula is C26H36Cl2N6O. The van der Waals surface area contributed by atoms with E-state index in [1.165, 1.54) is 24.1 Å². The number of fused-ring (bicyclic) bond motifs is 1. The highest BCUT2D eigenvalue weighted by molar-refractivity contribution is 6.04. The van der Waals surface area contributed by atoms with E-state index in [1.54, 1.807) is 0 Å². The number of nitrogens with zero attached hydrogens (tertiary/aromatic N) is 3. The van der Waals surface area contributed by atoms with Crippen LogP contribution in [0.15, 0.2) is 42.6 Å². The van der Waals surface area contributed by atoms with E-state index in [9.17, 15) is 4.79 Å². The smallest absolute Gasteiger partial charge is 0.256 e. The SMILES string of the molecule is CN1CCC[C@@H]1c1cc2cnc(NC(=O)c3ccc(CCCN4CCNCC4)cc3)cc2[nH]1.Cl.Cl. The number of H-pyrrole nitrogens is 1. The van der Waals surface area contributed by atoms with Crippen molar-refractivity contribution in [1.29, 1.82) is 0 Å². The topological polar surface area (TPSA) is 76.3 Å². The Morgan fingerprint density at radius 2 is 1.89 bits per heavy atom. The number of anilines is 1. The predicted molar refractivity (Wildman–Crippen MR) is 147 cm³/mol. The number of aromatic nitrogens is 2. The highest BCUT2D eigenvalue weighted by Gasteiger charge is 2.24. The molecule has 0 radical (unpaired) electrons. The molecule has 7 nitrogen and oxygen atoms in total. The third-order valence-electron chi connectivity index (χ3n) is 7.01. The molecule has 1 aromatic carbocycles. The van der Waals surface area contributed by atoms with Crippen LogP contribution in [0.1, 0.15) is 46.9 Å². The van der Waals surface area contributed by atoms with Crippen molar-refractivity contribution in [2.24, 2.45) is 0 Å². The fourth-order valence-electron chi connectivity index (χ4n) is 5.05. The average Bonchev–Trinajstić information content (AvgIpc) is 3.45. The highest BCUT2D eigenvalue weighted by Crippen LogP contribution is 2.32. The number of piperazine rings is 1. The molecule has 1 atom stereocenters. The normalized spacial score (nSPS) is 18.7. The number of aryl methyl sites for hydroxylation is 1. The van der Waals surface area contributed by atoms with Crippen LogP contribution < -0.4 is 10.6 Å². The van der Waals surface area contributed by atoms with E-state index in [-0.39, 0.29) is 30.7 Å². The van der Waals surface area contributed by atoms with Gasteiger partial charge in [-0.05, 0) is 69.6 Å². The molecule has 0 bridgehead atoms. The summed E-state index contributed by atoms with van der Waals surface area (Å²) in [6.07, 6.45) is 6.41. The fraction of sp³-hybridized carbons (Fsp3) is 0.462. The van der Waals surface area contributed by atoms with Gasteiger partial charge in [0, 0.05) is 61.1 Å². The zero-order chi connectivity index (χ0) is 22.6. The molecule has 190 valence electrons. The number of carbonyl (C=O) groups excluding carboxylic acids is 1. The second-order valence-corrected chi connectivity index (χ2v) is 9.37. The van der Waals surface area contributed by atoms with Crippen molar-refractivity contribution >= 4 is 47.4 Å². The van der Waals surface area contributed by atoms with Crippen LogP contribution in [0, 0.1) is 0 Å². The number of amides is 1. The first-order valence-electron chi connectivity index (χ1n) is 12.2. The molecule has 0 saturated carbocycles. The first-order valence-corrected chi connectivity index (χ1v) is 12.2. The predicted octanol–water partition coefficient (Wildman–Crippen LogP) is 4.26. The van der Waals surface area contributed by atoms with E-state index in [1.807, 2.05) is 24.4 Å². The molecule has 0 aliphatic carbocycles. The molecule has 35 heavy (non-hydrogen) atoms. The van der Waals surface area contributed by atoms with Crippen LogP contribution >= 0.6 is 24.8 Å². The van der Waals surface area contributed by atoms with Crippen molar-refractivity contribution in [3.63, 3.8) is 0 Å². The molecule has 2 fully saturated rings. The van der Waals surface area contributed by atoms with Gasteiger partial charge >= 0.3 is 0 Å². The minimum absolute atomic E-state index is 0. The molecule has 0 spiro atoms. The number of hydrogen-bond donors (Lipinski definition) is 3. The van der Waals surface area contributed by atoms with Crippen molar-refractivity contribution < 1.29 is 4.79 Å². The van der Waals surface area contributed by atoms with Gasteiger partial charge in [0.05, 0.1) is 5.52 Å². The lowest BCUT2D eigenvalue weighted by atomic mass is 10.1. The Bertz CT molecular complexity index is 1100. The molecule has 2 aromatic heterocycles. The van der Waals surface area contributed by atoms with E-state index in [0.29, 0.717) is 17.4 Å². The number of pyridine rings is 1. The average molecular weight is 520 g/mol. The molecule has 3 N–H and O–H groups in total. The molecule has 9 heteroatoms. The van der Waals surface area contributed by atoms with Gasteiger partial charge in [-0.15, -0.1) is 24.8 Å². The lowest BCUT2D eigenvalue weighted by molar-refractivity contribution is 0.102. The number of rotatable bonds is 7. The molecule has 3 aromatic rings. The van der Waals surface area contributed by atoms with Crippen LogP contribution in [0.3, 0.4) is 0 Å². The van der Waals surface area contributed by atoms with Crippen LogP contribution in [0.5, 0.6) is 0 Å². The molecular weight excluding hydrogens is 483 g/mol. The van der Waals surface area contributed by atoms with Gasteiger partial charge in [-0.1, -0.05) is 12.1 Å². The molecule has 4 heterocycles. The number of likely N-dealkylation sites (tertiary alicyclic amines) is 1. The quantitative estimate of drug-likeness (QED) is 0.435. The van der Waals surface area contributed by atoms with Crippen LogP contribution in [-0.2, 0) is 6.42 Å². The van der Waals surface area contributed by atoms with Gasteiger partial charge in [-0.2, -0.15) is 0 Å². The molecule has 2 aliphatic heterocycles. The van der Waals surface area contributed by atoms with Gasteiger partial charge in [0.25, 0.3) is 5.91 Å². The number of aromatic amines is 1. The van der Waals surface area contributed by atoms with Crippen molar-refractivity contribution in [3.8, 4) is 0 Å². The summed E-state index contributed by atoms with van der Waals surface area (Å²) in [5, 5.41) is 7.42. The van der Waals surface area contributed by atoms with Crippen molar-refractivity contribution in [3.05, 3.63) is 59.4 Å². The third-order valence-corrected chi connectivity index (χ3v) is 7.01. The zero-order valence-electron chi connectivity index (χ0n) is 20.3. The molecule has 5 rings (SSSR count). The molecule has 2 saturated heterocycles. The molecule has 0 unspecified atom stereocenters. The fourth-order valence-corrected chi connectivity index (χ4v) is 5.05. The van der Waals surface area contributed by atoms with E-state index in [4.69, 9.17) is 0 Å². The van der Waals surface area contributed by atoms with Crippen molar-refractivity contribution in [2.45, 2.75) is 31.7 Å². The summed E-state index contributed by atoms with van der Waals surface area (Å²) in [5.41, 5.74) is 4.16. The minimum Gasteiger partial charge on any atom is -0.357 e. The number of hydrogen-bond acceptors (Lipinski definition) is 5. The first-order chi connectivity index (χ1) is 16.2. The van der Waals surface area contributed by atoms with Gasteiger partial charge < -0.3 is 20.5 Å². The van der Waals surface area contributed by atoms with Crippen molar-refractivity contribution in [2.75, 3.05) is 51.6 Å². The Kier molecular flexibility index (Phi) is 9.95. The summed E-state index contributed by atoms with van der Waals surface area (Å²) in [4.78, 5) is 25.6.